The average molecular weight is 167 g/mol. The number of ether oxygens (including phenoxy) is 1. The highest BCUT2D eigenvalue weighted by Crippen LogP contribution is 1.97. The molecular formula is C7H15ClO2. The van der Waals surface area contributed by atoms with E-state index in [4.69, 9.17) is 21.4 Å². The number of hydrogen-bond acceptors (Lipinski definition) is 2. The lowest BCUT2D eigenvalue weighted by molar-refractivity contribution is -0.1000. The molecule has 0 aliphatic heterocycles. The Morgan fingerprint density at radius 3 is 2.80 bits per heavy atom. The van der Waals surface area contributed by atoms with E-state index in [1.54, 1.807) is 0 Å². The lowest BCUT2D eigenvalue weighted by atomic mass is 10.4. The Labute approximate surface area is 67.1 Å². The highest BCUT2D eigenvalue weighted by atomic mass is 35.5. The molecule has 0 aliphatic carbocycles. The van der Waals surface area contributed by atoms with E-state index < -0.39 is 6.29 Å². The van der Waals surface area contributed by atoms with E-state index in [0.29, 0.717) is 18.9 Å². The Morgan fingerprint density at radius 2 is 2.30 bits per heavy atom. The highest BCUT2D eigenvalue weighted by molar-refractivity contribution is 6.17. The summed E-state index contributed by atoms with van der Waals surface area (Å²) < 4.78 is 4.99. The van der Waals surface area contributed by atoms with Gasteiger partial charge in [-0.1, -0.05) is 13.3 Å². The lowest BCUT2D eigenvalue weighted by Crippen LogP contribution is -2.12. The van der Waals surface area contributed by atoms with E-state index in [1.807, 2.05) is 0 Å². The van der Waals surface area contributed by atoms with Gasteiger partial charge in [-0.15, -0.1) is 11.6 Å². The molecule has 1 N–H and O–H groups in total. The maximum absolute atomic E-state index is 8.97. The monoisotopic (exact) mass is 166 g/mol. The zero-order valence-electron chi connectivity index (χ0n) is 6.35. The van der Waals surface area contributed by atoms with Gasteiger partial charge in [0.15, 0.2) is 6.29 Å². The van der Waals surface area contributed by atoms with Gasteiger partial charge in [0.25, 0.3) is 0 Å². The normalized spacial score (nSPS) is 13.5. The van der Waals surface area contributed by atoms with Crippen molar-refractivity contribution >= 4 is 11.6 Å². The number of rotatable bonds is 6. The molecule has 0 spiro atoms. The molecule has 0 rings (SSSR count). The molecule has 2 nitrogen and oxygen atoms in total. The number of hydrogen-bond donors (Lipinski definition) is 1. The quantitative estimate of drug-likeness (QED) is 0.370. The zero-order chi connectivity index (χ0) is 7.82. The maximum atomic E-state index is 8.97. The Morgan fingerprint density at radius 1 is 1.60 bits per heavy atom. The summed E-state index contributed by atoms with van der Waals surface area (Å²) >= 11 is 5.37. The van der Waals surface area contributed by atoms with Crippen molar-refractivity contribution in [1.82, 2.24) is 0 Å². The molecular weight excluding hydrogens is 152 g/mol. The number of aliphatic hydroxyl groups excluding tert-OH is 1. The van der Waals surface area contributed by atoms with Gasteiger partial charge in [-0.3, -0.25) is 0 Å². The molecule has 1 unspecified atom stereocenters. The second-order valence-corrected chi connectivity index (χ2v) is 2.53. The average Bonchev–Trinajstić information content (AvgIpc) is 1.89. The number of unbranched alkanes of at least 4 members (excludes halogenated alkanes) is 1. The molecule has 0 aromatic heterocycles. The van der Waals surface area contributed by atoms with Crippen LogP contribution in [0, 0.1) is 0 Å². The van der Waals surface area contributed by atoms with Gasteiger partial charge >= 0.3 is 0 Å². The fraction of sp³-hybridized carbons (Fsp3) is 1.00. The van der Waals surface area contributed by atoms with E-state index in [0.717, 1.165) is 12.8 Å². The van der Waals surface area contributed by atoms with Crippen LogP contribution in [0.2, 0.25) is 0 Å². The van der Waals surface area contributed by atoms with E-state index in [1.165, 1.54) is 0 Å². The fourth-order valence-corrected chi connectivity index (χ4v) is 0.727. The standard InChI is InChI=1S/C7H15ClO2/c1-2-3-6-10-7(9)4-5-8/h7,9H,2-6H2,1H3. The number of halogens is 1. The Kier molecular flexibility index (Phi) is 7.47. The van der Waals surface area contributed by atoms with Gasteiger partial charge in [-0.25, -0.2) is 0 Å². The largest absolute Gasteiger partial charge is 0.368 e. The summed E-state index contributed by atoms with van der Waals surface area (Å²) in [6.45, 7) is 2.71. The predicted molar refractivity (Wildman–Crippen MR) is 42.2 cm³/mol. The van der Waals surface area contributed by atoms with Gasteiger partial charge in [0.2, 0.25) is 0 Å². The Bertz CT molecular complexity index is 68.6. The third-order valence-corrected chi connectivity index (χ3v) is 1.38. The van der Waals surface area contributed by atoms with E-state index >= 15 is 0 Å². The molecule has 0 aromatic carbocycles. The first-order valence-electron chi connectivity index (χ1n) is 3.67. The molecule has 0 bridgehead atoms. The van der Waals surface area contributed by atoms with Crippen LogP contribution in [-0.2, 0) is 4.74 Å². The Balaban J connectivity index is 2.97. The van der Waals surface area contributed by atoms with Crippen molar-refractivity contribution < 1.29 is 9.84 Å². The number of alkyl halides is 1. The summed E-state index contributed by atoms with van der Waals surface area (Å²) in [6, 6.07) is 0. The molecule has 0 saturated heterocycles. The second-order valence-electron chi connectivity index (χ2n) is 2.16. The van der Waals surface area contributed by atoms with Gasteiger partial charge in [0.05, 0.1) is 0 Å². The van der Waals surface area contributed by atoms with Crippen LogP contribution in [0.5, 0.6) is 0 Å². The first kappa shape index (κ1) is 10.2. The van der Waals surface area contributed by atoms with Crippen LogP contribution in [0.3, 0.4) is 0 Å². The Hall–Kier alpha value is 0.210. The molecule has 0 heterocycles. The minimum Gasteiger partial charge on any atom is -0.368 e. The van der Waals surface area contributed by atoms with Crippen LogP contribution in [0.25, 0.3) is 0 Å². The fourth-order valence-electron chi connectivity index (χ4n) is 0.540. The molecule has 0 aromatic rings. The molecule has 0 radical (unpaired) electrons. The van der Waals surface area contributed by atoms with Crippen molar-refractivity contribution in [2.45, 2.75) is 32.5 Å². The molecule has 62 valence electrons. The van der Waals surface area contributed by atoms with E-state index in [9.17, 15) is 0 Å². The van der Waals surface area contributed by atoms with Crippen molar-refractivity contribution in [3.8, 4) is 0 Å². The smallest absolute Gasteiger partial charge is 0.155 e. The first-order chi connectivity index (χ1) is 4.81. The van der Waals surface area contributed by atoms with Gasteiger partial charge in [-0.2, -0.15) is 0 Å². The summed E-state index contributed by atoms with van der Waals surface area (Å²) in [5.74, 6) is 0.452. The molecule has 0 saturated carbocycles. The third kappa shape index (κ3) is 6.33. The van der Waals surface area contributed by atoms with Crippen LogP contribution in [0.15, 0.2) is 0 Å². The maximum Gasteiger partial charge on any atom is 0.155 e. The SMILES string of the molecule is CCCCOC(O)CCCl. The third-order valence-electron chi connectivity index (χ3n) is 1.16. The molecule has 0 amide bonds. The number of aliphatic hydroxyl groups is 1. The molecule has 1 atom stereocenters. The van der Waals surface area contributed by atoms with Gasteiger partial charge in [-0.05, 0) is 6.42 Å². The van der Waals surface area contributed by atoms with Crippen molar-refractivity contribution in [1.29, 1.82) is 0 Å². The van der Waals surface area contributed by atoms with Crippen molar-refractivity contribution in [3.63, 3.8) is 0 Å². The van der Waals surface area contributed by atoms with Crippen molar-refractivity contribution in [2.24, 2.45) is 0 Å². The summed E-state index contributed by atoms with van der Waals surface area (Å²) in [4.78, 5) is 0. The van der Waals surface area contributed by atoms with E-state index in [2.05, 4.69) is 6.92 Å². The summed E-state index contributed by atoms with van der Waals surface area (Å²) in [5, 5.41) is 8.97. The predicted octanol–water partition coefficient (Wildman–Crippen LogP) is 1.75. The summed E-state index contributed by atoms with van der Waals surface area (Å²) in [6.07, 6.45) is 1.95. The summed E-state index contributed by atoms with van der Waals surface area (Å²) in [7, 11) is 0. The summed E-state index contributed by atoms with van der Waals surface area (Å²) in [5.41, 5.74) is 0. The van der Waals surface area contributed by atoms with Crippen LogP contribution in [0.1, 0.15) is 26.2 Å². The van der Waals surface area contributed by atoms with Crippen LogP contribution in [-0.4, -0.2) is 23.9 Å². The van der Waals surface area contributed by atoms with Crippen LogP contribution < -0.4 is 0 Å². The lowest BCUT2D eigenvalue weighted by Gasteiger charge is -2.08. The molecule has 0 fully saturated rings. The first-order valence-corrected chi connectivity index (χ1v) is 4.20. The van der Waals surface area contributed by atoms with Crippen molar-refractivity contribution in [3.05, 3.63) is 0 Å². The van der Waals surface area contributed by atoms with E-state index in [-0.39, 0.29) is 0 Å². The topological polar surface area (TPSA) is 29.5 Å². The zero-order valence-corrected chi connectivity index (χ0v) is 7.10. The van der Waals surface area contributed by atoms with Crippen LogP contribution >= 0.6 is 11.6 Å². The van der Waals surface area contributed by atoms with Crippen LogP contribution in [0.4, 0.5) is 0 Å². The second kappa shape index (κ2) is 7.32. The molecule has 10 heavy (non-hydrogen) atoms. The van der Waals surface area contributed by atoms with Gasteiger partial charge < -0.3 is 9.84 Å². The minimum atomic E-state index is -0.663. The minimum absolute atomic E-state index is 0.452. The van der Waals surface area contributed by atoms with Gasteiger partial charge in [0, 0.05) is 18.9 Å². The van der Waals surface area contributed by atoms with Crippen molar-refractivity contribution in [2.75, 3.05) is 12.5 Å². The molecule has 0 aliphatic rings. The van der Waals surface area contributed by atoms with Gasteiger partial charge in [0.1, 0.15) is 0 Å². The highest BCUT2D eigenvalue weighted by Gasteiger charge is 2.00. The molecule has 3 heteroatoms.